The maximum Gasteiger partial charge on any atom is 0.116 e. The molecular formula is C14H23N3O. The van der Waals surface area contributed by atoms with Gasteiger partial charge in [0.1, 0.15) is 6.10 Å². The van der Waals surface area contributed by atoms with Gasteiger partial charge in [0.15, 0.2) is 0 Å². The first-order chi connectivity index (χ1) is 8.72. The fourth-order valence-electron chi connectivity index (χ4n) is 3.77. The molecule has 1 aliphatic heterocycles. The van der Waals surface area contributed by atoms with Crippen molar-refractivity contribution in [1.29, 1.82) is 0 Å². The number of rotatable bonds is 3. The minimum Gasteiger partial charge on any atom is -0.385 e. The zero-order chi connectivity index (χ0) is 12.6. The monoisotopic (exact) mass is 249 g/mol. The Hall–Kier alpha value is -0.870. The van der Waals surface area contributed by atoms with Crippen molar-refractivity contribution < 1.29 is 5.11 Å². The molecule has 100 valence electrons. The van der Waals surface area contributed by atoms with Gasteiger partial charge in [-0.1, -0.05) is 12.8 Å². The largest absolute Gasteiger partial charge is 0.385 e. The van der Waals surface area contributed by atoms with Crippen LogP contribution in [0.1, 0.15) is 50.3 Å². The normalized spacial score (nSPS) is 25.7. The van der Waals surface area contributed by atoms with Gasteiger partial charge in [-0.2, -0.15) is 5.10 Å². The second kappa shape index (κ2) is 4.67. The number of hydrogen-bond donors (Lipinski definition) is 1. The number of likely N-dealkylation sites (tertiary alicyclic amines) is 1. The molecule has 18 heavy (non-hydrogen) atoms. The van der Waals surface area contributed by atoms with Gasteiger partial charge < -0.3 is 5.11 Å². The summed E-state index contributed by atoms with van der Waals surface area (Å²) in [5, 5.41) is 15.2. The lowest BCUT2D eigenvalue weighted by atomic mass is 9.86. The third kappa shape index (κ3) is 1.88. The summed E-state index contributed by atoms with van der Waals surface area (Å²) in [7, 11) is 1.91. The Labute approximate surface area is 109 Å². The van der Waals surface area contributed by atoms with Gasteiger partial charge in [0.05, 0.1) is 11.2 Å². The number of nitrogens with zero attached hydrogens (tertiary/aromatic N) is 3. The lowest BCUT2D eigenvalue weighted by Gasteiger charge is -2.42. The molecule has 4 nitrogen and oxygen atoms in total. The number of aliphatic hydroxyl groups is 1. The fourth-order valence-corrected chi connectivity index (χ4v) is 3.77. The Bertz CT molecular complexity index is 403. The number of hydrogen-bond acceptors (Lipinski definition) is 3. The van der Waals surface area contributed by atoms with Crippen molar-refractivity contribution in [2.45, 2.75) is 50.2 Å². The minimum atomic E-state index is -0.431. The zero-order valence-electron chi connectivity index (χ0n) is 11.2. The molecule has 1 aromatic rings. The molecule has 1 saturated carbocycles. The summed E-state index contributed by atoms with van der Waals surface area (Å²) in [5.74, 6) is 0. The molecule has 0 aromatic carbocycles. The van der Waals surface area contributed by atoms with E-state index < -0.39 is 6.10 Å². The van der Waals surface area contributed by atoms with E-state index in [1.54, 1.807) is 4.68 Å². The maximum atomic E-state index is 10.8. The Morgan fingerprint density at radius 2 is 1.89 bits per heavy atom. The second-order valence-corrected chi connectivity index (χ2v) is 5.82. The summed E-state index contributed by atoms with van der Waals surface area (Å²) in [6.07, 6.45) is 8.74. The molecule has 3 rings (SSSR count). The van der Waals surface area contributed by atoms with Crippen molar-refractivity contribution in [2.75, 3.05) is 13.1 Å². The number of aliphatic hydroxyl groups excluding tert-OH is 1. The van der Waals surface area contributed by atoms with Crippen LogP contribution in [0, 0.1) is 0 Å². The average Bonchev–Trinajstić information content (AvgIpc) is 3.09. The van der Waals surface area contributed by atoms with E-state index >= 15 is 0 Å². The second-order valence-electron chi connectivity index (χ2n) is 5.82. The number of aryl methyl sites for hydroxylation is 1. The van der Waals surface area contributed by atoms with Gasteiger partial charge in [-0.15, -0.1) is 0 Å². The molecule has 1 atom stereocenters. The Balaban J connectivity index is 1.88. The highest BCUT2D eigenvalue weighted by atomic mass is 16.3. The van der Waals surface area contributed by atoms with E-state index in [0.29, 0.717) is 0 Å². The Morgan fingerprint density at radius 1 is 1.22 bits per heavy atom. The van der Waals surface area contributed by atoms with E-state index in [1.807, 2.05) is 19.3 Å². The van der Waals surface area contributed by atoms with E-state index in [2.05, 4.69) is 10.00 Å². The van der Waals surface area contributed by atoms with Gasteiger partial charge in [-0.3, -0.25) is 9.58 Å². The van der Waals surface area contributed by atoms with Gasteiger partial charge in [-0.05, 0) is 44.8 Å². The quantitative estimate of drug-likeness (QED) is 0.889. The molecular weight excluding hydrogens is 226 g/mol. The molecule has 0 radical (unpaired) electrons. The molecule has 1 aliphatic carbocycles. The van der Waals surface area contributed by atoms with E-state index in [4.69, 9.17) is 0 Å². The predicted molar refractivity (Wildman–Crippen MR) is 70.2 cm³/mol. The highest BCUT2D eigenvalue weighted by Crippen LogP contribution is 2.45. The summed E-state index contributed by atoms with van der Waals surface area (Å²) in [6, 6.07) is 1.96. The van der Waals surface area contributed by atoms with Crippen LogP contribution in [-0.4, -0.2) is 38.4 Å². The van der Waals surface area contributed by atoms with Gasteiger partial charge in [0.25, 0.3) is 0 Å². The molecule has 2 fully saturated rings. The molecule has 2 heterocycles. The smallest absolute Gasteiger partial charge is 0.116 e. The van der Waals surface area contributed by atoms with Crippen molar-refractivity contribution in [2.24, 2.45) is 7.05 Å². The van der Waals surface area contributed by atoms with Crippen molar-refractivity contribution in [1.82, 2.24) is 14.7 Å². The first kappa shape index (κ1) is 12.2. The summed E-state index contributed by atoms with van der Waals surface area (Å²) in [4.78, 5) is 2.53. The summed E-state index contributed by atoms with van der Waals surface area (Å²) < 4.78 is 1.78. The lowest BCUT2D eigenvalue weighted by molar-refractivity contribution is -0.0221. The van der Waals surface area contributed by atoms with Crippen LogP contribution in [0.5, 0.6) is 0 Å². The van der Waals surface area contributed by atoms with Crippen LogP contribution in [-0.2, 0) is 7.05 Å². The fraction of sp³-hybridized carbons (Fsp3) is 0.786. The topological polar surface area (TPSA) is 41.3 Å². The SMILES string of the molecule is Cn1ccc(C(O)C2(N3CCCC3)CCCC2)n1. The lowest BCUT2D eigenvalue weighted by Crippen LogP contribution is -2.49. The van der Waals surface area contributed by atoms with E-state index in [9.17, 15) is 5.11 Å². The first-order valence-corrected chi connectivity index (χ1v) is 7.15. The van der Waals surface area contributed by atoms with Gasteiger partial charge >= 0.3 is 0 Å². The number of aromatic nitrogens is 2. The van der Waals surface area contributed by atoms with Crippen LogP contribution in [0.15, 0.2) is 12.3 Å². The Morgan fingerprint density at radius 3 is 2.44 bits per heavy atom. The molecule has 4 heteroatoms. The zero-order valence-corrected chi connectivity index (χ0v) is 11.2. The third-order valence-electron chi connectivity index (χ3n) is 4.73. The summed E-state index contributed by atoms with van der Waals surface area (Å²) in [6.45, 7) is 2.29. The van der Waals surface area contributed by atoms with Crippen LogP contribution in [0.25, 0.3) is 0 Å². The summed E-state index contributed by atoms with van der Waals surface area (Å²) in [5.41, 5.74) is 0.802. The molecule has 2 aliphatic rings. The van der Waals surface area contributed by atoms with E-state index in [-0.39, 0.29) is 5.54 Å². The molecule has 1 unspecified atom stereocenters. The first-order valence-electron chi connectivity index (χ1n) is 7.15. The van der Waals surface area contributed by atoms with E-state index in [1.165, 1.54) is 25.7 Å². The maximum absolute atomic E-state index is 10.8. The van der Waals surface area contributed by atoms with Crippen LogP contribution in [0.3, 0.4) is 0 Å². The van der Waals surface area contributed by atoms with Crippen molar-refractivity contribution in [3.63, 3.8) is 0 Å². The van der Waals surface area contributed by atoms with Crippen LogP contribution >= 0.6 is 0 Å². The average molecular weight is 249 g/mol. The van der Waals surface area contributed by atoms with Gasteiger partial charge in [0, 0.05) is 13.2 Å². The van der Waals surface area contributed by atoms with Gasteiger partial charge in [-0.25, -0.2) is 0 Å². The van der Waals surface area contributed by atoms with Crippen LogP contribution in [0.4, 0.5) is 0 Å². The highest BCUT2D eigenvalue weighted by molar-refractivity contribution is 5.14. The molecule has 0 bridgehead atoms. The van der Waals surface area contributed by atoms with E-state index in [0.717, 1.165) is 31.6 Å². The Kier molecular flexibility index (Phi) is 3.16. The van der Waals surface area contributed by atoms with Crippen LogP contribution < -0.4 is 0 Å². The highest BCUT2D eigenvalue weighted by Gasteiger charge is 2.47. The van der Waals surface area contributed by atoms with Crippen molar-refractivity contribution >= 4 is 0 Å². The molecule has 0 spiro atoms. The predicted octanol–water partition coefficient (Wildman–Crippen LogP) is 1.86. The van der Waals surface area contributed by atoms with Crippen molar-refractivity contribution in [3.8, 4) is 0 Å². The molecule has 1 aromatic heterocycles. The third-order valence-corrected chi connectivity index (χ3v) is 4.73. The summed E-state index contributed by atoms with van der Waals surface area (Å²) >= 11 is 0. The minimum absolute atomic E-state index is 0.0369. The molecule has 0 amide bonds. The molecule has 1 N–H and O–H groups in total. The molecule has 1 saturated heterocycles. The van der Waals surface area contributed by atoms with Crippen LogP contribution in [0.2, 0.25) is 0 Å². The standard InChI is InChI=1S/C14H23N3O/c1-16-11-6-12(15-16)13(18)14(7-2-3-8-14)17-9-4-5-10-17/h6,11,13,18H,2-5,7-10H2,1H3. The van der Waals surface area contributed by atoms with Crippen molar-refractivity contribution in [3.05, 3.63) is 18.0 Å². The van der Waals surface area contributed by atoms with Gasteiger partial charge in [0.2, 0.25) is 0 Å².